The maximum absolute atomic E-state index is 12.5. The summed E-state index contributed by atoms with van der Waals surface area (Å²) in [7, 11) is 0. The number of rotatable bonds is 47. The van der Waals surface area contributed by atoms with Crippen molar-refractivity contribution in [2.45, 2.75) is 283 Å². The van der Waals surface area contributed by atoms with E-state index in [1.807, 2.05) is 6.08 Å². The number of hydrogen-bond donors (Lipinski definition) is 4. The first-order chi connectivity index (χ1) is 29.0. The summed E-state index contributed by atoms with van der Waals surface area (Å²) in [5, 5.41) is 33.3. The van der Waals surface area contributed by atoms with Gasteiger partial charge >= 0.3 is 0 Å². The van der Waals surface area contributed by atoms with Crippen molar-refractivity contribution in [3.8, 4) is 0 Å². The van der Waals surface area contributed by atoms with Crippen LogP contribution in [0.1, 0.15) is 264 Å². The highest BCUT2D eigenvalue weighted by Gasteiger charge is 2.20. The highest BCUT2D eigenvalue weighted by Crippen LogP contribution is 2.16. The number of unbranched alkanes of at least 4 members (excludes halogenated alkanes) is 32. The second-order valence-corrected chi connectivity index (χ2v) is 17.8. The van der Waals surface area contributed by atoms with Crippen LogP contribution in [0.5, 0.6) is 0 Å². The zero-order chi connectivity index (χ0) is 43.0. The van der Waals surface area contributed by atoms with Crippen molar-refractivity contribution in [3.63, 3.8) is 0 Å². The number of amides is 1. The van der Waals surface area contributed by atoms with Crippen LogP contribution in [-0.4, -0.2) is 46.1 Å². The van der Waals surface area contributed by atoms with Gasteiger partial charge in [0.25, 0.3) is 0 Å². The van der Waals surface area contributed by atoms with Crippen LogP contribution < -0.4 is 5.32 Å². The fourth-order valence-corrected chi connectivity index (χ4v) is 7.84. The first-order valence-corrected chi connectivity index (χ1v) is 25.9. The van der Waals surface area contributed by atoms with Crippen molar-refractivity contribution in [2.24, 2.45) is 0 Å². The molecular formula is C54H101NO4. The van der Waals surface area contributed by atoms with E-state index in [4.69, 9.17) is 0 Å². The van der Waals surface area contributed by atoms with Crippen LogP contribution in [0.15, 0.2) is 48.6 Å². The van der Waals surface area contributed by atoms with E-state index in [-0.39, 0.29) is 18.9 Å². The van der Waals surface area contributed by atoms with Crippen molar-refractivity contribution in [1.82, 2.24) is 5.32 Å². The Labute approximate surface area is 367 Å². The molecule has 0 aromatic carbocycles. The van der Waals surface area contributed by atoms with E-state index >= 15 is 0 Å². The maximum atomic E-state index is 12.5. The minimum absolute atomic E-state index is 0.00216. The van der Waals surface area contributed by atoms with Crippen molar-refractivity contribution < 1.29 is 20.1 Å². The number of allylic oxidation sites excluding steroid dienone is 7. The fourth-order valence-electron chi connectivity index (χ4n) is 7.84. The Morgan fingerprint density at radius 2 is 0.729 bits per heavy atom. The number of hydrogen-bond acceptors (Lipinski definition) is 4. The molecule has 0 bridgehead atoms. The quantitative estimate of drug-likeness (QED) is 0.0363. The van der Waals surface area contributed by atoms with Crippen LogP contribution in [0.4, 0.5) is 0 Å². The number of aliphatic hydroxyl groups is 3. The molecule has 0 aliphatic rings. The average molecular weight is 828 g/mol. The molecule has 0 aliphatic heterocycles. The summed E-state index contributed by atoms with van der Waals surface area (Å²) in [5.74, 6) is -0.329. The molecule has 3 atom stereocenters. The first kappa shape index (κ1) is 57.3. The molecule has 0 radical (unpaired) electrons. The second kappa shape index (κ2) is 49.0. The highest BCUT2D eigenvalue weighted by atomic mass is 16.3. The predicted molar refractivity (Wildman–Crippen MR) is 259 cm³/mol. The molecule has 0 rings (SSSR count). The van der Waals surface area contributed by atoms with Crippen LogP contribution >= 0.6 is 0 Å². The minimum Gasteiger partial charge on any atom is -0.394 e. The Balaban J connectivity index is 3.61. The molecule has 0 aromatic heterocycles. The Morgan fingerprint density at radius 1 is 0.424 bits per heavy atom. The van der Waals surface area contributed by atoms with E-state index < -0.39 is 18.2 Å². The summed E-state index contributed by atoms with van der Waals surface area (Å²) in [6.45, 7) is 4.20. The Bertz CT molecular complexity index is 958. The topological polar surface area (TPSA) is 89.8 Å². The van der Waals surface area contributed by atoms with Crippen LogP contribution in [0.2, 0.25) is 0 Å². The molecular weight excluding hydrogens is 727 g/mol. The van der Waals surface area contributed by atoms with Crippen molar-refractivity contribution in [1.29, 1.82) is 0 Å². The molecule has 0 spiro atoms. The molecule has 0 aliphatic carbocycles. The van der Waals surface area contributed by atoms with Gasteiger partial charge < -0.3 is 20.6 Å². The second-order valence-electron chi connectivity index (χ2n) is 17.8. The molecule has 0 heterocycles. The van der Waals surface area contributed by atoms with Gasteiger partial charge in [-0.1, -0.05) is 236 Å². The van der Waals surface area contributed by atoms with Gasteiger partial charge in [0.2, 0.25) is 5.91 Å². The van der Waals surface area contributed by atoms with Crippen molar-refractivity contribution in [2.75, 3.05) is 6.61 Å². The molecule has 1 amide bonds. The third kappa shape index (κ3) is 45.7. The lowest BCUT2D eigenvalue weighted by Gasteiger charge is -2.21. The summed E-state index contributed by atoms with van der Waals surface area (Å²) in [6.07, 6.45) is 64.3. The number of carbonyl (C=O) groups excluding carboxylic acids is 1. The zero-order valence-corrected chi connectivity index (χ0v) is 39.4. The summed E-state index contributed by atoms with van der Waals surface area (Å²) in [5.41, 5.74) is 0. The summed E-state index contributed by atoms with van der Waals surface area (Å²) in [6, 6.07) is -0.768. The van der Waals surface area contributed by atoms with Gasteiger partial charge in [0.1, 0.15) is 0 Å². The lowest BCUT2D eigenvalue weighted by Crippen LogP contribution is -2.45. The minimum atomic E-state index is -0.960. The third-order valence-corrected chi connectivity index (χ3v) is 11.8. The molecule has 346 valence electrons. The molecule has 5 nitrogen and oxygen atoms in total. The third-order valence-electron chi connectivity index (χ3n) is 11.8. The summed E-state index contributed by atoms with van der Waals surface area (Å²) in [4.78, 5) is 12.5. The molecule has 59 heavy (non-hydrogen) atoms. The molecule has 4 N–H and O–H groups in total. The van der Waals surface area contributed by atoms with Gasteiger partial charge in [0, 0.05) is 0 Å². The number of aliphatic hydroxyl groups excluding tert-OH is 3. The van der Waals surface area contributed by atoms with Crippen LogP contribution in [0.3, 0.4) is 0 Å². The van der Waals surface area contributed by atoms with Gasteiger partial charge in [-0.05, 0) is 70.6 Å². The maximum Gasteiger partial charge on any atom is 0.222 e. The smallest absolute Gasteiger partial charge is 0.222 e. The lowest BCUT2D eigenvalue weighted by atomic mass is 10.0. The monoisotopic (exact) mass is 828 g/mol. The van der Waals surface area contributed by atoms with Crippen molar-refractivity contribution >= 4 is 5.91 Å². The largest absolute Gasteiger partial charge is 0.394 e. The SMILES string of the molecule is CCCCCCCC/C=C/CC/C=C/CC/C=C/C(O)C(CO)NC(=O)CC(O)CCCCCCCCCCCCCC/C=C\CCCCCCCCCCCCCC. The van der Waals surface area contributed by atoms with Gasteiger partial charge in [-0.15, -0.1) is 0 Å². The van der Waals surface area contributed by atoms with Gasteiger partial charge in [0.15, 0.2) is 0 Å². The van der Waals surface area contributed by atoms with Crippen LogP contribution in [0.25, 0.3) is 0 Å². The van der Waals surface area contributed by atoms with E-state index in [1.165, 1.54) is 199 Å². The van der Waals surface area contributed by atoms with Gasteiger partial charge in [-0.25, -0.2) is 0 Å². The normalized spacial score (nSPS) is 13.8. The van der Waals surface area contributed by atoms with E-state index in [0.717, 1.165) is 38.5 Å². The molecule has 3 unspecified atom stereocenters. The van der Waals surface area contributed by atoms with E-state index in [1.54, 1.807) is 6.08 Å². The van der Waals surface area contributed by atoms with Gasteiger partial charge in [-0.3, -0.25) is 4.79 Å². The van der Waals surface area contributed by atoms with Crippen LogP contribution in [-0.2, 0) is 4.79 Å². The zero-order valence-electron chi connectivity index (χ0n) is 39.4. The standard InChI is InChI=1S/C54H101NO4/c1-3-5-7-9-11-13-15-17-19-21-22-23-24-25-26-27-28-29-30-31-32-33-35-37-39-41-43-45-47-51(57)49-54(59)55-52(50-56)53(58)48-46-44-42-40-38-36-34-20-18-16-14-12-10-8-6-4-2/h18,20,25-26,38,40,46,48,51-53,56-58H,3-17,19,21-24,27-37,39,41-45,47,49-50H2,1-2H3,(H,55,59)/b20-18+,26-25-,40-38+,48-46+. The highest BCUT2D eigenvalue weighted by molar-refractivity contribution is 5.76. The fraction of sp³-hybridized carbons (Fsp3) is 0.833. The number of nitrogens with one attached hydrogen (secondary N) is 1. The summed E-state index contributed by atoms with van der Waals surface area (Å²) < 4.78 is 0. The predicted octanol–water partition coefficient (Wildman–Crippen LogP) is 15.7. The summed E-state index contributed by atoms with van der Waals surface area (Å²) >= 11 is 0. The lowest BCUT2D eigenvalue weighted by molar-refractivity contribution is -0.124. The van der Waals surface area contributed by atoms with E-state index in [2.05, 4.69) is 55.6 Å². The molecule has 0 saturated heterocycles. The van der Waals surface area contributed by atoms with Gasteiger partial charge in [-0.2, -0.15) is 0 Å². The molecule has 0 fully saturated rings. The molecule has 5 heteroatoms. The Morgan fingerprint density at radius 3 is 1.08 bits per heavy atom. The molecule has 0 saturated carbocycles. The van der Waals surface area contributed by atoms with Crippen molar-refractivity contribution in [3.05, 3.63) is 48.6 Å². The van der Waals surface area contributed by atoms with E-state index in [9.17, 15) is 20.1 Å². The van der Waals surface area contributed by atoms with Crippen LogP contribution in [0, 0.1) is 0 Å². The Hall–Kier alpha value is -1.69. The van der Waals surface area contributed by atoms with Gasteiger partial charge in [0.05, 0.1) is 31.3 Å². The van der Waals surface area contributed by atoms with E-state index in [0.29, 0.717) is 6.42 Å². The first-order valence-electron chi connectivity index (χ1n) is 25.9. The Kier molecular flexibility index (Phi) is 47.6. The average Bonchev–Trinajstić information content (AvgIpc) is 3.23. The molecule has 0 aromatic rings. The number of carbonyl (C=O) groups is 1.